The van der Waals surface area contributed by atoms with E-state index >= 15 is 0 Å². The van der Waals surface area contributed by atoms with Gasteiger partial charge in [0.1, 0.15) is 0 Å². The Hall–Kier alpha value is -2.28. The van der Waals surface area contributed by atoms with Crippen molar-refractivity contribution in [1.82, 2.24) is 0 Å². The van der Waals surface area contributed by atoms with Crippen molar-refractivity contribution < 1.29 is 36.6 Å². The zero-order valence-electron chi connectivity index (χ0n) is 19.7. The molecule has 0 aromatic heterocycles. The average Bonchev–Trinajstić information content (AvgIpc) is 2.88. The Morgan fingerprint density at radius 2 is 1.03 bits per heavy atom. The Bertz CT molecular complexity index is 1180. The molecule has 1 fully saturated rings. The van der Waals surface area contributed by atoms with Crippen LogP contribution in [0.25, 0.3) is 0 Å². The van der Waals surface area contributed by atoms with Crippen LogP contribution >= 0.6 is 31.9 Å². The molecular formula is C26H24Br2F6N2O2. The number of benzene rings is 3. The normalized spacial score (nSPS) is 15.9. The van der Waals surface area contributed by atoms with Crippen LogP contribution in [0.3, 0.4) is 0 Å². The molecule has 1 saturated heterocycles. The lowest BCUT2D eigenvalue weighted by atomic mass is 10.1. The first-order chi connectivity index (χ1) is 17.8. The highest BCUT2D eigenvalue weighted by Crippen LogP contribution is 2.35. The van der Waals surface area contributed by atoms with Crippen LogP contribution in [0.15, 0.2) is 81.7 Å². The van der Waals surface area contributed by atoms with Gasteiger partial charge in [-0.1, -0.05) is 56.1 Å². The Labute approximate surface area is 232 Å². The van der Waals surface area contributed by atoms with E-state index < -0.39 is 24.6 Å². The van der Waals surface area contributed by atoms with Crippen LogP contribution in [0.2, 0.25) is 0 Å². The third-order valence-electron chi connectivity index (χ3n) is 5.81. The fourth-order valence-electron chi connectivity index (χ4n) is 3.82. The van der Waals surface area contributed by atoms with E-state index in [4.69, 9.17) is 5.11 Å². The molecule has 206 valence electrons. The Kier molecular flexibility index (Phi) is 10.1. The molecule has 0 radical (unpaired) electrons. The lowest BCUT2D eigenvalue weighted by molar-refractivity contribution is -0.207. The molecule has 4 nitrogen and oxygen atoms in total. The maximum absolute atomic E-state index is 12.7. The van der Waals surface area contributed by atoms with E-state index in [1.54, 1.807) is 18.2 Å². The van der Waals surface area contributed by atoms with Crippen LogP contribution in [0.1, 0.15) is 23.3 Å². The highest BCUT2D eigenvalue weighted by Gasteiger charge is 2.40. The van der Waals surface area contributed by atoms with E-state index in [0.717, 1.165) is 23.2 Å². The van der Waals surface area contributed by atoms with Gasteiger partial charge in [-0.3, -0.25) is 0 Å². The quantitative estimate of drug-likeness (QED) is 0.284. The Morgan fingerprint density at radius 3 is 1.50 bits per heavy atom. The van der Waals surface area contributed by atoms with E-state index in [-0.39, 0.29) is 11.1 Å². The molecule has 1 heterocycles. The zero-order chi connectivity index (χ0) is 28.1. The molecule has 0 amide bonds. The summed E-state index contributed by atoms with van der Waals surface area (Å²) in [7, 11) is 0. The molecule has 3 aromatic rings. The SMILES string of the molecule is OC(c1cccc(Br)c1)C(F)(F)F.OC(c1cccc(N2CCN(c3ccc(Br)cc3)CC2)c1)C(F)(F)F. The van der Waals surface area contributed by atoms with Crippen molar-refractivity contribution in [2.24, 2.45) is 0 Å². The summed E-state index contributed by atoms with van der Waals surface area (Å²) in [4.78, 5) is 4.29. The number of anilines is 2. The standard InChI is InChI=1S/C18H18BrF3N2O.C8H6BrF3O/c19-14-4-6-15(7-5-14)23-8-10-24(11-9-23)16-3-1-2-13(12-16)17(25)18(20,21)22;9-6-3-1-2-5(4-6)7(13)8(10,11)12/h1-7,12,17,25H,8-11H2;1-4,7,13H. The van der Waals surface area contributed by atoms with E-state index in [1.807, 2.05) is 29.2 Å². The molecular weight excluding hydrogens is 646 g/mol. The number of halogens is 8. The molecule has 1 aliphatic rings. The second-order valence-corrected chi connectivity index (χ2v) is 10.3. The molecule has 0 spiro atoms. The number of hydrogen-bond acceptors (Lipinski definition) is 4. The second-order valence-electron chi connectivity index (χ2n) is 8.49. The Balaban J connectivity index is 0.000000260. The van der Waals surface area contributed by atoms with Gasteiger partial charge in [-0.05, 0) is 59.7 Å². The number of rotatable bonds is 4. The summed E-state index contributed by atoms with van der Waals surface area (Å²) in [6.45, 7) is 2.99. The summed E-state index contributed by atoms with van der Waals surface area (Å²) >= 11 is 6.43. The number of hydrogen-bond donors (Lipinski definition) is 2. The van der Waals surface area contributed by atoms with Crippen LogP contribution in [-0.2, 0) is 0 Å². The number of aliphatic hydroxyl groups is 2. The van der Waals surface area contributed by atoms with Gasteiger partial charge >= 0.3 is 12.4 Å². The zero-order valence-corrected chi connectivity index (χ0v) is 22.9. The van der Waals surface area contributed by atoms with Crippen LogP contribution < -0.4 is 9.80 Å². The van der Waals surface area contributed by atoms with E-state index in [9.17, 15) is 31.4 Å². The summed E-state index contributed by atoms with van der Waals surface area (Å²) in [5, 5.41) is 18.3. The largest absolute Gasteiger partial charge is 0.418 e. The van der Waals surface area contributed by atoms with Gasteiger partial charge in [-0.25, -0.2) is 0 Å². The first-order valence-electron chi connectivity index (χ1n) is 11.4. The molecule has 0 bridgehead atoms. The van der Waals surface area contributed by atoms with Crippen molar-refractivity contribution in [1.29, 1.82) is 0 Å². The van der Waals surface area contributed by atoms with Crippen molar-refractivity contribution in [2.45, 2.75) is 24.6 Å². The number of alkyl halides is 6. The van der Waals surface area contributed by atoms with Crippen LogP contribution in [0.4, 0.5) is 37.7 Å². The summed E-state index contributed by atoms with van der Waals surface area (Å²) < 4.78 is 75.6. The van der Waals surface area contributed by atoms with E-state index in [2.05, 4.69) is 36.8 Å². The first-order valence-corrected chi connectivity index (χ1v) is 12.9. The number of nitrogens with zero attached hydrogens (tertiary/aromatic N) is 2. The molecule has 2 atom stereocenters. The van der Waals surface area contributed by atoms with Gasteiger partial charge in [-0.2, -0.15) is 26.3 Å². The summed E-state index contributed by atoms with van der Waals surface area (Å²) in [5.41, 5.74) is 1.54. The van der Waals surface area contributed by atoms with Gasteiger partial charge in [0.15, 0.2) is 12.2 Å². The lowest BCUT2D eigenvalue weighted by Crippen LogP contribution is -2.46. The highest BCUT2D eigenvalue weighted by molar-refractivity contribution is 9.10. The molecule has 3 aromatic carbocycles. The highest BCUT2D eigenvalue weighted by atomic mass is 79.9. The maximum atomic E-state index is 12.7. The minimum absolute atomic E-state index is 0.125. The monoisotopic (exact) mass is 668 g/mol. The fourth-order valence-corrected chi connectivity index (χ4v) is 4.50. The van der Waals surface area contributed by atoms with Crippen molar-refractivity contribution in [2.75, 3.05) is 36.0 Å². The Morgan fingerprint density at radius 1 is 0.579 bits per heavy atom. The van der Waals surface area contributed by atoms with E-state index in [1.165, 1.54) is 30.3 Å². The summed E-state index contributed by atoms with van der Waals surface area (Å²) in [6.07, 6.45) is -14.1. The van der Waals surface area contributed by atoms with Gasteiger partial charge in [0.2, 0.25) is 0 Å². The molecule has 2 unspecified atom stereocenters. The van der Waals surface area contributed by atoms with Gasteiger partial charge in [0.05, 0.1) is 0 Å². The van der Waals surface area contributed by atoms with Crippen LogP contribution in [0.5, 0.6) is 0 Å². The molecule has 1 aliphatic heterocycles. The van der Waals surface area contributed by atoms with Gasteiger partial charge in [0, 0.05) is 46.5 Å². The third-order valence-corrected chi connectivity index (χ3v) is 6.83. The molecule has 0 saturated carbocycles. The molecule has 4 rings (SSSR count). The van der Waals surface area contributed by atoms with Crippen molar-refractivity contribution >= 4 is 43.2 Å². The maximum Gasteiger partial charge on any atom is 0.418 e. The second kappa shape index (κ2) is 12.7. The van der Waals surface area contributed by atoms with Gasteiger partial charge in [0.25, 0.3) is 0 Å². The smallest absolute Gasteiger partial charge is 0.379 e. The minimum atomic E-state index is -4.65. The predicted octanol–water partition coefficient (Wildman–Crippen LogP) is 7.42. The lowest BCUT2D eigenvalue weighted by Gasteiger charge is -2.37. The predicted molar refractivity (Wildman–Crippen MR) is 141 cm³/mol. The number of piperazine rings is 1. The van der Waals surface area contributed by atoms with Gasteiger partial charge in [-0.15, -0.1) is 0 Å². The van der Waals surface area contributed by atoms with Crippen molar-refractivity contribution in [3.8, 4) is 0 Å². The van der Waals surface area contributed by atoms with Crippen molar-refractivity contribution in [3.05, 3.63) is 92.9 Å². The molecule has 2 N–H and O–H groups in total. The summed E-state index contributed by atoms with van der Waals surface area (Å²) in [5.74, 6) is 0. The molecule has 0 aliphatic carbocycles. The fraction of sp³-hybridized carbons (Fsp3) is 0.308. The van der Waals surface area contributed by atoms with Crippen LogP contribution in [-0.4, -0.2) is 48.7 Å². The molecule has 38 heavy (non-hydrogen) atoms. The van der Waals surface area contributed by atoms with Crippen molar-refractivity contribution in [3.63, 3.8) is 0 Å². The topological polar surface area (TPSA) is 46.9 Å². The first kappa shape index (κ1) is 30.3. The van der Waals surface area contributed by atoms with E-state index in [0.29, 0.717) is 23.2 Å². The van der Waals surface area contributed by atoms with Crippen LogP contribution in [0, 0.1) is 0 Å². The molecule has 12 heteroatoms. The van der Waals surface area contributed by atoms with Gasteiger partial charge < -0.3 is 20.0 Å². The summed E-state index contributed by atoms with van der Waals surface area (Å²) in [6, 6.07) is 19.6. The average molecular weight is 670 g/mol. The third kappa shape index (κ3) is 8.36. The number of aliphatic hydroxyl groups excluding tert-OH is 2. The minimum Gasteiger partial charge on any atom is -0.379 e.